The maximum absolute atomic E-state index is 12.8. The van der Waals surface area contributed by atoms with Gasteiger partial charge in [-0.2, -0.15) is 0 Å². The van der Waals surface area contributed by atoms with Crippen molar-refractivity contribution in [3.8, 4) is 0 Å². The summed E-state index contributed by atoms with van der Waals surface area (Å²) in [6, 6.07) is 13.3. The van der Waals surface area contributed by atoms with Gasteiger partial charge in [-0.3, -0.25) is 19.3 Å². The zero-order chi connectivity index (χ0) is 22.4. The average Bonchev–Trinajstić information content (AvgIpc) is 3.26. The van der Waals surface area contributed by atoms with Crippen LogP contribution in [0.4, 0.5) is 0 Å². The molecule has 32 heavy (non-hydrogen) atoms. The summed E-state index contributed by atoms with van der Waals surface area (Å²) in [6.45, 7) is 5.80. The molecule has 3 amide bonds. The van der Waals surface area contributed by atoms with Crippen LogP contribution < -0.4 is 0 Å². The first-order valence-electron chi connectivity index (χ1n) is 11.3. The highest BCUT2D eigenvalue weighted by Gasteiger charge is 2.35. The molecule has 0 unspecified atom stereocenters. The number of rotatable bonds is 4. The van der Waals surface area contributed by atoms with Crippen molar-refractivity contribution in [1.82, 2.24) is 14.8 Å². The highest BCUT2D eigenvalue weighted by Crippen LogP contribution is 2.34. The van der Waals surface area contributed by atoms with Gasteiger partial charge in [0.05, 0.1) is 11.1 Å². The molecular weight excluding hydrogens is 402 g/mol. The molecule has 0 bridgehead atoms. The Balaban J connectivity index is 1.19. The number of carbonyl (C=O) groups is 3. The number of hydrogen-bond acceptors (Lipinski definition) is 3. The standard InChI is InChI=1S/C26H27N3O3/c1-16-7-8-22-21(15-16)17(2)24(27-22)18-9-12-28(13-10-18)23(30)11-14-29-25(31)19-5-3-4-6-20(19)26(29)32/h3-8,15,18,27H,9-14H2,1-2H3. The van der Waals surface area contributed by atoms with Gasteiger partial charge in [0, 0.05) is 48.6 Å². The molecule has 0 saturated carbocycles. The van der Waals surface area contributed by atoms with Crippen LogP contribution >= 0.6 is 0 Å². The largest absolute Gasteiger partial charge is 0.358 e. The van der Waals surface area contributed by atoms with Crippen molar-refractivity contribution in [1.29, 1.82) is 0 Å². The molecule has 1 N–H and O–H groups in total. The predicted molar refractivity (Wildman–Crippen MR) is 123 cm³/mol. The van der Waals surface area contributed by atoms with Crippen molar-refractivity contribution in [3.05, 3.63) is 70.4 Å². The first-order chi connectivity index (χ1) is 15.4. The van der Waals surface area contributed by atoms with Crippen molar-refractivity contribution in [2.75, 3.05) is 19.6 Å². The van der Waals surface area contributed by atoms with Gasteiger partial charge in [0.15, 0.2) is 0 Å². The second kappa shape index (κ2) is 7.93. The van der Waals surface area contributed by atoms with Crippen molar-refractivity contribution in [2.24, 2.45) is 0 Å². The molecule has 2 aromatic carbocycles. The molecule has 5 rings (SSSR count). The van der Waals surface area contributed by atoms with Crippen LogP contribution in [0.2, 0.25) is 0 Å². The van der Waals surface area contributed by atoms with E-state index in [2.05, 4.69) is 37.0 Å². The molecule has 0 radical (unpaired) electrons. The molecule has 0 spiro atoms. The second-order valence-electron chi connectivity index (χ2n) is 8.93. The van der Waals surface area contributed by atoms with E-state index in [0.717, 1.165) is 12.8 Å². The molecule has 0 aliphatic carbocycles. The highest BCUT2D eigenvalue weighted by atomic mass is 16.2. The fraction of sp³-hybridized carbons (Fsp3) is 0.346. The molecule has 1 aromatic heterocycles. The van der Waals surface area contributed by atoms with Crippen molar-refractivity contribution in [2.45, 2.75) is 39.0 Å². The molecule has 3 aromatic rings. The lowest BCUT2D eigenvalue weighted by Crippen LogP contribution is -2.40. The number of aromatic nitrogens is 1. The van der Waals surface area contributed by atoms with Crippen LogP contribution in [-0.4, -0.2) is 52.1 Å². The number of likely N-dealkylation sites (tertiary alicyclic amines) is 1. The summed E-state index contributed by atoms with van der Waals surface area (Å²) >= 11 is 0. The zero-order valence-corrected chi connectivity index (χ0v) is 18.5. The monoisotopic (exact) mass is 429 g/mol. The van der Waals surface area contributed by atoms with Crippen LogP contribution in [0.1, 0.15) is 62.7 Å². The number of H-pyrrole nitrogens is 1. The molecule has 3 heterocycles. The van der Waals surface area contributed by atoms with E-state index in [1.165, 1.54) is 32.6 Å². The average molecular weight is 430 g/mol. The minimum atomic E-state index is -0.304. The number of benzene rings is 2. The lowest BCUT2D eigenvalue weighted by molar-refractivity contribution is -0.132. The summed E-state index contributed by atoms with van der Waals surface area (Å²) in [5.74, 6) is -0.199. The first-order valence-corrected chi connectivity index (χ1v) is 11.3. The van der Waals surface area contributed by atoms with E-state index >= 15 is 0 Å². The van der Waals surface area contributed by atoms with Crippen LogP contribution in [0.15, 0.2) is 42.5 Å². The van der Waals surface area contributed by atoms with Crippen LogP contribution in [0.25, 0.3) is 10.9 Å². The summed E-state index contributed by atoms with van der Waals surface area (Å²) < 4.78 is 0. The highest BCUT2D eigenvalue weighted by molar-refractivity contribution is 6.21. The molecule has 0 atom stereocenters. The van der Waals surface area contributed by atoms with E-state index in [9.17, 15) is 14.4 Å². The molecule has 6 nitrogen and oxygen atoms in total. The van der Waals surface area contributed by atoms with Gasteiger partial charge in [0.2, 0.25) is 5.91 Å². The lowest BCUT2D eigenvalue weighted by atomic mass is 9.91. The molecule has 164 valence electrons. The van der Waals surface area contributed by atoms with Crippen molar-refractivity contribution in [3.63, 3.8) is 0 Å². The van der Waals surface area contributed by atoms with Crippen molar-refractivity contribution < 1.29 is 14.4 Å². The quantitative estimate of drug-likeness (QED) is 0.633. The van der Waals surface area contributed by atoms with E-state index in [1.807, 2.05) is 4.90 Å². The van der Waals surface area contributed by atoms with E-state index in [0.29, 0.717) is 30.1 Å². The van der Waals surface area contributed by atoms with Gasteiger partial charge in [-0.05, 0) is 56.5 Å². The number of nitrogens with one attached hydrogen (secondary N) is 1. The third kappa shape index (κ3) is 3.40. The lowest BCUT2D eigenvalue weighted by Gasteiger charge is -2.32. The smallest absolute Gasteiger partial charge is 0.261 e. The molecule has 2 aliphatic heterocycles. The molecule has 6 heteroatoms. The maximum atomic E-state index is 12.8. The van der Waals surface area contributed by atoms with Gasteiger partial charge in [0.1, 0.15) is 0 Å². The van der Waals surface area contributed by atoms with E-state index in [4.69, 9.17) is 0 Å². The maximum Gasteiger partial charge on any atom is 0.261 e. The molecular formula is C26H27N3O3. The van der Waals surface area contributed by atoms with E-state index < -0.39 is 0 Å². The Morgan fingerprint density at radius 3 is 2.31 bits per heavy atom. The second-order valence-corrected chi connectivity index (χ2v) is 8.93. The fourth-order valence-corrected chi connectivity index (χ4v) is 5.09. The third-order valence-electron chi connectivity index (χ3n) is 6.94. The SMILES string of the molecule is Cc1ccc2[nH]c(C3CCN(C(=O)CCN4C(=O)c5ccccc5C4=O)CC3)c(C)c2c1. The zero-order valence-electron chi connectivity index (χ0n) is 18.5. The van der Waals surface area contributed by atoms with E-state index in [1.54, 1.807) is 24.3 Å². The Labute approximate surface area is 187 Å². The van der Waals surface area contributed by atoms with Crippen LogP contribution in [0, 0.1) is 13.8 Å². The number of carbonyl (C=O) groups excluding carboxylic acids is 3. The minimum absolute atomic E-state index is 0.00370. The normalized spacial score (nSPS) is 16.8. The molecule has 2 aliphatic rings. The summed E-state index contributed by atoms with van der Waals surface area (Å²) in [5, 5.41) is 1.28. The van der Waals surface area contributed by atoms with Gasteiger partial charge in [0.25, 0.3) is 11.8 Å². The Morgan fingerprint density at radius 2 is 1.66 bits per heavy atom. The Hall–Kier alpha value is -3.41. The summed E-state index contributed by atoms with van der Waals surface area (Å²) in [7, 11) is 0. The van der Waals surface area contributed by atoms with Gasteiger partial charge in [-0.1, -0.05) is 23.8 Å². The van der Waals surface area contributed by atoms with Crippen molar-refractivity contribution >= 4 is 28.6 Å². The number of aromatic amines is 1. The van der Waals surface area contributed by atoms with Crippen LogP contribution in [0.3, 0.4) is 0 Å². The molecule has 1 fully saturated rings. The fourth-order valence-electron chi connectivity index (χ4n) is 5.09. The summed E-state index contributed by atoms with van der Waals surface area (Å²) in [6.07, 6.45) is 1.98. The summed E-state index contributed by atoms with van der Waals surface area (Å²) in [5.41, 5.74) is 5.86. The Morgan fingerprint density at radius 1 is 1.00 bits per heavy atom. The number of aryl methyl sites for hydroxylation is 2. The number of amides is 3. The minimum Gasteiger partial charge on any atom is -0.358 e. The number of hydrogen-bond donors (Lipinski definition) is 1. The summed E-state index contributed by atoms with van der Waals surface area (Å²) in [4.78, 5) is 44.5. The molecule has 1 saturated heterocycles. The topological polar surface area (TPSA) is 73.5 Å². The van der Waals surface area contributed by atoms with Gasteiger partial charge < -0.3 is 9.88 Å². The number of fused-ring (bicyclic) bond motifs is 2. The predicted octanol–water partition coefficient (Wildman–Crippen LogP) is 4.18. The van der Waals surface area contributed by atoms with Crippen LogP contribution in [-0.2, 0) is 4.79 Å². The van der Waals surface area contributed by atoms with Crippen LogP contribution in [0.5, 0.6) is 0 Å². The number of piperidine rings is 1. The number of imide groups is 1. The first kappa shape index (κ1) is 20.5. The third-order valence-corrected chi connectivity index (χ3v) is 6.94. The Bertz CT molecular complexity index is 1200. The van der Waals surface area contributed by atoms with E-state index in [-0.39, 0.29) is 30.7 Å². The number of nitrogens with zero attached hydrogens (tertiary/aromatic N) is 2. The van der Waals surface area contributed by atoms with Gasteiger partial charge in [-0.15, -0.1) is 0 Å². The van der Waals surface area contributed by atoms with Gasteiger partial charge >= 0.3 is 0 Å². The van der Waals surface area contributed by atoms with Gasteiger partial charge in [-0.25, -0.2) is 0 Å². The Kier molecular flexibility index (Phi) is 5.08.